The Labute approximate surface area is 143 Å². The van der Waals surface area contributed by atoms with Gasteiger partial charge < -0.3 is 4.74 Å². The molecule has 4 heteroatoms. The second kappa shape index (κ2) is 8.93. The molecule has 0 bridgehead atoms. The Bertz CT molecular complexity index is 571. The van der Waals surface area contributed by atoms with E-state index in [1.165, 1.54) is 44.1 Å². The van der Waals surface area contributed by atoms with E-state index in [-0.39, 0.29) is 12.4 Å². The van der Waals surface area contributed by atoms with Gasteiger partial charge in [0.15, 0.2) is 0 Å². The summed E-state index contributed by atoms with van der Waals surface area (Å²) in [5.74, 6) is -0.331. The number of hydrogen-bond acceptors (Lipinski definition) is 3. The highest BCUT2D eigenvalue weighted by atomic mass is 35.5. The van der Waals surface area contributed by atoms with Crippen molar-refractivity contribution < 1.29 is 9.53 Å². The van der Waals surface area contributed by atoms with E-state index in [9.17, 15) is 10.1 Å². The van der Waals surface area contributed by atoms with Gasteiger partial charge in [-0.3, -0.25) is 4.79 Å². The third-order valence-electron chi connectivity index (χ3n) is 4.55. The largest absolute Gasteiger partial charge is 0.466 e. The van der Waals surface area contributed by atoms with Gasteiger partial charge in [0, 0.05) is 5.02 Å². The number of esters is 1. The van der Waals surface area contributed by atoms with Gasteiger partial charge in [0.25, 0.3) is 0 Å². The summed E-state index contributed by atoms with van der Waals surface area (Å²) in [6, 6.07) is 8.03. The van der Waals surface area contributed by atoms with Crippen LogP contribution in [0.5, 0.6) is 0 Å². The average Bonchev–Trinajstić information content (AvgIpc) is 2.82. The van der Waals surface area contributed by atoms with Crippen molar-refractivity contribution >= 4 is 17.6 Å². The van der Waals surface area contributed by atoms with Crippen molar-refractivity contribution in [3.8, 4) is 6.07 Å². The van der Waals surface area contributed by atoms with Crippen LogP contribution in [0.1, 0.15) is 74.8 Å². The maximum Gasteiger partial charge on any atom is 0.307 e. The highest BCUT2D eigenvalue weighted by Crippen LogP contribution is 2.36. The van der Waals surface area contributed by atoms with E-state index in [0.717, 1.165) is 10.6 Å². The van der Waals surface area contributed by atoms with E-state index in [0.29, 0.717) is 12.5 Å². The molecule has 0 aromatic heterocycles. The zero-order valence-corrected chi connectivity index (χ0v) is 14.4. The van der Waals surface area contributed by atoms with Gasteiger partial charge in [-0.05, 0) is 42.9 Å². The Morgan fingerprint density at radius 1 is 1.35 bits per heavy atom. The number of benzene rings is 1. The predicted molar refractivity (Wildman–Crippen MR) is 91.5 cm³/mol. The quantitative estimate of drug-likeness (QED) is 0.540. The van der Waals surface area contributed by atoms with Crippen molar-refractivity contribution in [3.63, 3.8) is 0 Å². The molecule has 1 aromatic carbocycles. The molecule has 2 rings (SSSR count). The molecule has 1 saturated carbocycles. The summed E-state index contributed by atoms with van der Waals surface area (Å²) in [6.07, 6.45) is 7.57. The number of nitrogens with zero attached hydrogens (tertiary/aromatic N) is 1. The molecule has 1 aromatic rings. The standard InChI is InChI=1S/C19H24ClNO2/c1-2-23-19(22)12-16(13-21)15-9-10-17(18(20)11-15)14-7-5-3-4-6-8-14/h9-11,14,16H,2-8,12H2,1H3. The molecule has 1 aliphatic rings. The molecular formula is C19H24ClNO2. The second-order valence-electron chi connectivity index (χ2n) is 6.16. The fraction of sp³-hybridized carbons (Fsp3) is 0.579. The second-order valence-corrected chi connectivity index (χ2v) is 6.57. The first-order valence-electron chi connectivity index (χ1n) is 8.50. The summed E-state index contributed by atoms with van der Waals surface area (Å²) in [5, 5.41) is 10.1. The molecule has 23 heavy (non-hydrogen) atoms. The number of hydrogen-bond donors (Lipinski definition) is 0. The van der Waals surface area contributed by atoms with E-state index < -0.39 is 5.92 Å². The van der Waals surface area contributed by atoms with Gasteiger partial charge in [-0.1, -0.05) is 49.4 Å². The molecule has 1 aliphatic carbocycles. The van der Waals surface area contributed by atoms with Crippen LogP contribution in [0, 0.1) is 11.3 Å². The fourth-order valence-electron chi connectivity index (χ4n) is 3.31. The molecule has 1 atom stereocenters. The summed E-state index contributed by atoms with van der Waals surface area (Å²) in [4.78, 5) is 11.6. The smallest absolute Gasteiger partial charge is 0.307 e. The van der Waals surface area contributed by atoms with Crippen LogP contribution in [0.15, 0.2) is 18.2 Å². The average molecular weight is 334 g/mol. The molecule has 0 aliphatic heterocycles. The molecule has 0 amide bonds. The van der Waals surface area contributed by atoms with Gasteiger partial charge in [-0.25, -0.2) is 0 Å². The monoisotopic (exact) mass is 333 g/mol. The molecule has 124 valence electrons. The highest BCUT2D eigenvalue weighted by Gasteiger charge is 2.20. The van der Waals surface area contributed by atoms with Crippen LogP contribution in [0.4, 0.5) is 0 Å². The number of nitriles is 1. The van der Waals surface area contributed by atoms with Crippen LogP contribution in [0.25, 0.3) is 0 Å². The number of carbonyl (C=O) groups is 1. The molecule has 1 unspecified atom stereocenters. The van der Waals surface area contributed by atoms with Crippen LogP contribution in [-0.2, 0) is 9.53 Å². The Balaban J connectivity index is 2.13. The van der Waals surface area contributed by atoms with Gasteiger partial charge in [0.1, 0.15) is 0 Å². The fourth-order valence-corrected chi connectivity index (χ4v) is 3.65. The molecule has 0 spiro atoms. The van der Waals surface area contributed by atoms with E-state index in [4.69, 9.17) is 16.3 Å². The van der Waals surface area contributed by atoms with Crippen LogP contribution < -0.4 is 0 Å². The van der Waals surface area contributed by atoms with E-state index in [1.807, 2.05) is 18.2 Å². The van der Waals surface area contributed by atoms with Crippen LogP contribution >= 0.6 is 11.6 Å². The van der Waals surface area contributed by atoms with E-state index >= 15 is 0 Å². The van der Waals surface area contributed by atoms with Gasteiger partial charge in [0.05, 0.1) is 25.0 Å². The third-order valence-corrected chi connectivity index (χ3v) is 4.88. The molecule has 1 fully saturated rings. The Kier molecular flexibility index (Phi) is 6.92. The lowest BCUT2D eigenvalue weighted by molar-refractivity contribution is -0.143. The highest BCUT2D eigenvalue weighted by molar-refractivity contribution is 6.31. The molecule has 0 heterocycles. The SMILES string of the molecule is CCOC(=O)CC(C#N)c1ccc(C2CCCCCC2)c(Cl)c1. The lowest BCUT2D eigenvalue weighted by atomic mass is 9.89. The van der Waals surface area contributed by atoms with Gasteiger partial charge in [-0.2, -0.15) is 5.26 Å². The first-order valence-corrected chi connectivity index (χ1v) is 8.88. The number of halogens is 1. The van der Waals surface area contributed by atoms with Crippen LogP contribution in [0.3, 0.4) is 0 Å². The Hall–Kier alpha value is -1.53. The molecule has 3 nitrogen and oxygen atoms in total. The lowest BCUT2D eigenvalue weighted by Gasteiger charge is -2.18. The summed E-state index contributed by atoms with van der Waals surface area (Å²) < 4.78 is 4.94. The number of ether oxygens (including phenoxy) is 1. The summed E-state index contributed by atoms with van der Waals surface area (Å²) >= 11 is 6.49. The lowest BCUT2D eigenvalue weighted by Crippen LogP contribution is -2.09. The number of carbonyl (C=O) groups excluding carboxylic acids is 1. The minimum Gasteiger partial charge on any atom is -0.466 e. The van der Waals surface area contributed by atoms with Crippen molar-refractivity contribution in [2.75, 3.05) is 6.61 Å². The molecular weight excluding hydrogens is 310 g/mol. The van der Waals surface area contributed by atoms with Gasteiger partial charge in [-0.15, -0.1) is 0 Å². The first kappa shape index (κ1) is 17.8. The van der Waals surface area contributed by atoms with Crippen molar-refractivity contribution in [1.29, 1.82) is 5.26 Å². The third kappa shape index (κ3) is 4.97. The number of rotatable bonds is 5. The summed E-state index contributed by atoms with van der Waals surface area (Å²) in [5.41, 5.74) is 1.98. The van der Waals surface area contributed by atoms with Gasteiger partial charge in [0.2, 0.25) is 0 Å². The maximum absolute atomic E-state index is 11.6. The predicted octanol–water partition coefficient (Wildman–Crippen LogP) is 5.34. The summed E-state index contributed by atoms with van der Waals surface area (Å²) in [6.45, 7) is 2.09. The zero-order valence-electron chi connectivity index (χ0n) is 13.7. The van der Waals surface area contributed by atoms with Gasteiger partial charge >= 0.3 is 5.97 Å². The first-order chi connectivity index (χ1) is 11.2. The van der Waals surface area contributed by atoms with Crippen molar-refractivity contribution in [2.45, 2.75) is 63.7 Å². The topological polar surface area (TPSA) is 50.1 Å². The Morgan fingerprint density at radius 2 is 2.04 bits per heavy atom. The van der Waals surface area contributed by atoms with Crippen molar-refractivity contribution in [3.05, 3.63) is 34.3 Å². The molecule has 0 N–H and O–H groups in total. The minimum atomic E-state index is -0.505. The Morgan fingerprint density at radius 3 is 2.61 bits per heavy atom. The molecule has 0 radical (unpaired) electrons. The van der Waals surface area contributed by atoms with Crippen LogP contribution in [0.2, 0.25) is 5.02 Å². The normalized spacial score (nSPS) is 17.1. The summed E-state index contributed by atoms with van der Waals surface area (Å²) in [7, 11) is 0. The maximum atomic E-state index is 11.6. The van der Waals surface area contributed by atoms with Crippen molar-refractivity contribution in [1.82, 2.24) is 0 Å². The van der Waals surface area contributed by atoms with Crippen molar-refractivity contribution in [2.24, 2.45) is 0 Å². The minimum absolute atomic E-state index is 0.0729. The van der Waals surface area contributed by atoms with Crippen LogP contribution in [-0.4, -0.2) is 12.6 Å². The zero-order chi connectivity index (χ0) is 16.7. The van der Waals surface area contributed by atoms with E-state index in [2.05, 4.69) is 6.07 Å². The molecule has 0 saturated heterocycles. The van der Waals surface area contributed by atoms with E-state index in [1.54, 1.807) is 6.92 Å².